The lowest BCUT2D eigenvalue weighted by atomic mass is 10.0. The zero-order chi connectivity index (χ0) is 30.0. The monoisotopic (exact) mass is 595 g/mol. The Labute approximate surface area is 256 Å². The van der Waals surface area contributed by atoms with E-state index in [-0.39, 0.29) is 18.2 Å². The maximum absolute atomic E-state index is 13.2. The molecule has 3 aromatic rings. The van der Waals surface area contributed by atoms with Gasteiger partial charge in [0.1, 0.15) is 6.04 Å². The molecule has 3 fully saturated rings. The molecule has 0 spiro atoms. The van der Waals surface area contributed by atoms with E-state index in [0.717, 1.165) is 60.3 Å². The van der Waals surface area contributed by atoms with E-state index in [9.17, 15) is 14.4 Å². The summed E-state index contributed by atoms with van der Waals surface area (Å²) in [6, 6.07) is 5.28. The van der Waals surface area contributed by atoms with Crippen LogP contribution in [0.4, 0.5) is 11.9 Å². The Bertz CT molecular complexity index is 1470. The molecule has 0 aliphatic carbocycles. The minimum Gasteiger partial charge on any atom is -0.341 e. The first-order valence-corrected chi connectivity index (χ1v) is 15.6. The van der Waals surface area contributed by atoms with Gasteiger partial charge in [-0.1, -0.05) is 12.1 Å². The number of carbonyl (C=O) groups is 3. The fourth-order valence-electron chi connectivity index (χ4n) is 6.69. The molecule has 2 aromatic heterocycles. The summed E-state index contributed by atoms with van der Waals surface area (Å²) in [7, 11) is 0. The summed E-state index contributed by atoms with van der Waals surface area (Å²) in [5.41, 5.74) is 4.60. The highest BCUT2D eigenvalue weighted by atomic mass is 16.2. The van der Waals surface area contributed by atoms with Crippen molar-refractivity contribution in [2.45, 2.75) is 70.7 Å². The standard InChI is InChI=1S/C32H37N9O3/c42-28-8-7-27(29(43)37-28)41-21-25-13-22(5-6-26(25)30(41)44)18-38(19-23-14-33-31(34-15-23)39-9-1-2-10-39)20-24-16-35-32(36-17-24)40-11-3-4-12-40/h5-6,13-17,27H,1-4,7-12,18-21H2,(H,37,42,43). The summed E-state index contributed by atoms with van der Waals surface area (Å²) in [5, 5.41) is 2.37. The molecule has 12 nitrogen and oxygen atoms in total. The number of rotatable bonds is 9. The summed E-state index contributed by atoms with van der Waals surface area (Å²) < 4.78 is 0. The third-order valence-corrected chi connectivity index (χ3v) is 8.97. The van der Waals surface area contributed by atoms with E-state index >= 15 is 0 Å². The number of amides is 3. The Morgan fingerprint density at radius 3 is 1.84 bits per heavy atom. The van der Waals surface area contributed by atoms with Gasteiger partial charge in [-0.2, -0.15) is 0 Å². The minimum atomic E-state index is -0.625. The molecule has 4 aliphatic heterocycles. The second-order valence-electron chi connectivity index (χ2n) is 12.2. The third kappa shape index (κ3) is 5.99. The van der Waals surface area contributed by atoms with Crippen LogP contribution in [0.5, 0.6) is 0 Å². The molecular formula is C32H37N9O3. The fraction of sp³-hybridized carbons (Fsp3) is 0.469. The number of fused-ring (bicyclic) bond motifs is 1. The Morgan fingerprint density at radius 1 is 0.750 bits per heavy atom. The molecule has 7 rings (SSSR count). The topological polar surface area (TPSA) is 128 Å². The van der Waals surface area contributed by atoms with Crippen molar-refractivity contribution in [2.75, 3.05) is 36.0 Å². The van der Waals surface area contributed by atoms with E-state index in [0.29, 0.717) is 38.2 Å². The number of carbonyl (C=O) groups excluding carboxylic acids is 3. The Balaban J connectivity index is 1.08. The van der Waals surface area contributed by atoms with E-state index < -0.39 is 11.9 Å². The van der Waals surface area contributed by atoms with Crippen molar-refractivity contribution in [3.8, 4) is 0 Å². The summed E-state index contributed by atoms with van der Waals surface area (Å²) >= 11 is 0. The van der Waals surface area contributed by atoms with Crippen LogP contribution in [-0.2, 0) is 35.8 Å². The van der Waals surface area contributed by atoms with Gasteiger partial charge < -0.3 is 14.7 Å². The van der Waals surface area contributed by atoms with Crippen LogP contribution >= 0.6 is 0 Å². The normalized spacial score (nSPS) is 20.2. The van der Waals surface area contributed by atoms with E-state index in [2.05, 4.69) is 46.0 Å². The minimum absolute atomic E-state index is 0.164. The number of benzene rings is 1. The lowest BCUT2D eigenvalue weighted by molar-refractivity contribution is -0.136. The molecule has 1 atom stereocenters. The second-order valence-corrected chi connectivity index (χ2v) is 12.2. The van der Waals surface area contributed by atoms with Crippen LogP contribution in [0.3, 0.4) is 0 Å². The molecule has 44 heavy (non-hydrogen) atoms. The molecule has 1 N–H and O–H groups in total. The number of aromatic nitrogens is 4. The summed E-state index contributed by atoms with van der Waals surface area (Å²) in [6.45, 7) is 6.25. The van der Waals surface area contributed by atoms with E-state index in [1.807, 2.05) is 36.9 Å². The Kier molecular flexibility index (Phi) is 7.90. The summed E-state index contributed by atoms with van der Waals surface area (Å²) in [5.74, 6) is 0.721. The van der Waals surface area contributed by atoms with Crippen LogP contribution in [0.1, 0.15) is 71.1 Å². The average Bonchev–Trinajstić information content (AvgIpc) is 3.81. The first kappa shape index (κ1) is 28.3. The van der Waals surface area contributed by atoms with Crippen molar-refractivity contribution in [1.82, 2.24) is 35.1 Å². The van der Waals surface area contributed by atoms with Crippen LogP contribution < -0.4 is 15.1 Å². The predicted octanol–water partition coefficient (Wildman–Crippen LogP) is 2.43. The number of imide groups is 1. The van der Waals surface area contributed by atoms with Gasteiger partial charge in [-0.05, 0) is 49.3 Å². The molecule has 6 heterocycles. The summed E-state index contributed by atoms with van der Waals surface area (Å²) in [4.78, 5) is 64.3. The van der Waals surface area contributed by atoms with Crippen molar-refractivity contribution in [3.05, 3.63) is 70.8 Å². The number of hydrogen-bond acceptors (Lipinski definition) is 10. The molecule has 0 saturated carbocycles. The van der Waals surface area contributed by atoms with Gasteiger partial charge in [0, 0.05) is 100 Å². The molecule has 0 radical (unpaired) electrons. The van der Waals surface area contributed by atoms with Crippen LogP contribution in [0.2, 0.25) is 0 Å². The van der Waals surface area contributed by atoms with E-state index in [4.69, 9.17) is 0 Å². The van der Waals surface area contributed by atoms with Gasteiger partial charge in [0.25, 0.3) is 5.91 Å². The third-order valence-electron chi connectivity index (χ3n) is 8.97. The SMILES string of the molecule is O=C1CCC(N2Cc3cc(CN(Cc4cnc(N5CCCC5)nc4)Cc4cnc(N5CCCC5)nc4)ccc3C2=O)C(=O)N1. The van der Waals surface area contributed by atoms with Crippen molar-refractivity contribution >= 4 is 29.6 Å². The van der Waals surface area contributed by atoms with Gasteiger partial charge in [-0.3, -0.25) is 24.6 Å². The van der Waals surface area contributed by atoms with Gasteiger partial charge >= 0.3 is 0 Å². The van der Waals surface area contributed by atoms with Crippen molar-refractivity contribution < 1.29 is 14.4 Å². The van der Waals surface area contributed by atoms with Gasteiger partial charge in [0.2, 0.25) is 23.7 Å². The lowest BCUT2D eigenvalue weighted by Crippen LogP contribution is -2.52. The molecule has 12 heteroatoms. The van der Waals surface area contributed by atoms with Gasteiger partial charge in [0.05, 0.1) is 0 Å². The molecule has 3 amide bonds. The van der Waals surface area contributed by atoms with Crippen molar-refractivity contribution in [3.63, 3.8) is 0 Å². The highest BCUT2D eigenvalue weighted by Gasteiger charge is 2.39. The number of anilines is 2. The van der Waals surface area contributed by atoms with Crippen LogP contribution in [0, 0.1) is 0 Å². The highest BCUT2D eigenvalue weighted by molar-refractivity contribution is 6.05. The van der Waals surface area contributed by atoms with Crippen LogP contribution in [-0.4, -0.2) is 79.7 Å². The van der Waals surface area contributed by atoms with Crippen LogP contribution in [0.25, 0.3) is 0 Å². The Morgan fingerprint density at radius 2 is 1.30 bits per heavy atom. The van der Waals surface area contributed by atoms with Gasteiger partial charge in [0.15, 0.2) is 0 Å². The molecule has 1 aromatic carbocycles. The van der Waals surface area contributed by atoms with Crippen molar-refractivity contribution in [1.29, 1.82) is 0 Å². The number of hydrogen-bond donors (Lipinski definition) is 1. The summed E-state index contributed by atoms with van der Waals surface area (Å²) in [6.07, 6.45) is 13.0. The first-order valence-electron chi connectivity index (χ1n) is 15.6. The fourth-order valence-corrected chi connectivity index (χ4v) is 6.69. The average molecular weight is 596 g/mol. The molecule has 0 bridgehead atoms. The quantitative estimate of drug-likeness (QED) is 0.369. The second kappa shape index (κ2) is 12.3. The smallest absolute Gasteiger partial charge is 0.255 e. The first-order chi connectivity index (χ1) is 21.5. The number of nitrogens with zero attached hydrogens (tertiary/aromatic N) is 8. The Hall–Kier alpha value is -4.45. The van der Waals surface area contributed by atoms with E-state index in [1.54, 1.807) is 4.90 Å². The number of nitrogens with one attached hydrogen (secondary N) is 1. The maximum atomic E-state index is 13.2. The van der Waals surface area contributed by atoms with Crippen LogP contribution in [0.15, 0.2) is 43.0 Å². The van der Waals surface area contributed by atoms with Gasteiger partial charge in [-0.15, -0.1) is 0 Å². The maximum Gasteiger partial charge on any atom is 0.255 e. The molecular weight excluding hydrogens is 558 g/mol. The molecule has 3 saturated heterocycles. The zero-order valence-electron chi connectivity index (χ0n) is 24.8. The van der Waals surface area contributed by atoms with Gasteiger partial charge in [-0.25, -0.2) is 19.9 Å². The van der Waals surface area contributed by atoms with Crippen molar-refractivity contribution in [2.24, 2.45) is 0 Å². The largest absolute Gasteiger partial charge is 0.341 e. The highest BCUT2D eigenvalue weighted by Crippen LogP contribution is 2.29. The number of piperidine rings is 1. The predicted molar refractivity (Wildman–Crippen MR) is 162 cm³/mol. The zero-order valence-corrected chi connectivity index (χ0v) is 24.8. The molecule has 1 unspecified atom stereocenters. The lowest BCUT2D eigenvalue weighted by Gasteiger charge is -2.29. The molecule has 228 valence electrons. The van der Waals surface area contributed by atoms with E-state index in [1.165, 1.54) is 25.7 Å². The molecule has 4 aliphatic rings.